The molecule has 0 saturated carbocycles. The number of rotatable bonds is 5. The van der Waals surface area contributed by atoms with Crippen LogP contribution in [0.3, 0.4) is 0 Å². The number of carbonyl (C=O) groups excluding carboxylic acids is 1. The highest BCUT2D eigenvalue weighted by molar-refractivity contribution is 5.81. The maximum Gasteiger partial charge on any atom is 0.258 e. The van der Waals surface area contributed by atoms with Crippen LogP contribution in [0, 0.1) is 0 Å². The first-order valence-corrected chi connectivity index (χ1v) is 10.9. The molecule has 0 spiro atoms. The van der Waals surface area contributed by atoms with Gasteiger partial charge < -0.3 is 14.0 Å². The van der Waals surface area contributed by atoms with Crippen LogP contribution in [0.25, 0.3) is 33.9 Å². The Morgan fingerprint density at radius 1 is 0.968 bits per heavy atom. The van der Waals surface area contributed by atoms with Crippen LogP contribution in [0.5, 0.6) is 0 Å². The van der Waals surface area contributed by atoms with Gasteiger partial charge >= 0.3 is 0 Å². The van der Waals surface area contributed by atoms with E-state index in [0.29, 0.717) is 24.7 Å². The van der Waals surface area contributed by atoms with E-state index in [1.165, 1.54) is 12.8 Å². The summed E-state index contributed by atoms with van der Waals surface area (Å²) in [6.45, 7) is 2.41. The summed E-state index contributed by atoms with van der Waals surface area (Å²) in [5, 5.41) is 4.12. The first-order valence-electron chi connectivity index (χ1n) is 10.9. The summed E-state index contributed by atoms with van der Waals surface area (Å²) in [7, 11) is 0. The van der Waals surface area contributed by atoms with Gasteiger partial charge in [-0.05, 0) is 43.2 Å². The fraction of sp³-hybridized carbons (Fsp3) is 0.333. The maximum absolute atomic E-state index is 12.6. The smallest absolute Gasteiger partial charge is 0.258 e. The Kier molecular flexibility index (Phi) is 5.48. The number of hydrogen-bond acceptors (Lipinski definition) is 5. The van der Waals surface area contributed by atoms with Gasteiger partial charge in [-0.2, -0.15) is 4.98 Å². The van der Waals surface area contributed by atoms with Gasteiger partial charge in [-0.3, -0.25) is 4.79 Å². The van der Waals surface area contributed by atoms with E-state index in [9.17, 15) is 4.79 Å². The third-order valence-electron chi connectivity index (χ3n) is 5.85. The Hall–Kier alpha value is -3.48. The topological polar surface area (TPSA) is 77.0 Å². The van der Waals surface area contributed by atoms with Crippen LogP contribution < -0.4 is 0 Å². The van der Waals surface area contributed by atoms with Gasteiger partial charge in [-0.25, -0.2) is 4.98 Å². The summed E-state index contributed by atoms with van der Waals surface area (Å²) in [5.74, 6) is 1.26. The molecule has 0 bridgehead atoms. The van der Waals surface area contributed by atoms with Crippen molar-refractivity contribution in [1.29, 1.82) is 0 Å². The van der Waals surface area contributed by atoms with Gasteiger partial charge in [0.1, 0.15) is 0 Å². The lowest BCUT2D eigenvalue weighted by Gasteiger charge is -2.20. The fourth-order valence-corrected chi connectivity index (χ4v) is 4.11. The first kappa shape index (κ1) is 19.5. The first-order chi connectivity index (χ1) is 15.3. The molecule has 2 aromatic heterocycles. The molecule has 0 radical (unpaired) electrons. The predicted octanol–water partition coefficient (Wildman–Crippen LogP) is 4.55. The number of fused-ring (bicyclic) bond motifs is 1. The highest BCUT2D eigenvalue weighted by Gasteiger charge is 2.16. The van der Waals surface area contributed by atoms with Crippen molar-refractivity contribution in [2.75, 3.05) is 13.1 Å². The van der Waals surface area contributed by atoms with E-state index >= 15 is 0 Å². The second kappa shape index (κ2) is 8.71. The lowest BCUT2D eigenvalue weighted by molar-refractivity contribution is -0.131. The van der Waals surface area contributed by atoms with Crippen molar-refractivity contribution in [3.63, 3.8) is 0 Å². The lowest BCUT2D eigenvalue weighted by Crippen LogP contribution is -2.32. The zero-order valence-corrected chi connectivity index (χ0v) is 17.4. The summed E-state index contributed by atoms with van der Waals surface area (Å²) < 4.78 is 7.47. The van der Waals surface area contributed by atoms with Crippen LogP contribution in [0.2, 0.25) is 0 Å². The van der Waals surface area contributed by atoms with Crippen LogP contribution in [0.15, 0.2) is 59.4 Å². The number of imidazole rings is 1. The number of aryl methyl sites for hydroxylation is 1. The Labute approximate surface area is 180 Å². The van der Waals surface area contributed by atoms with Gasteiger partial charge in [0.15, 0.2) is 0 Å². The van der Waals surface area contributed by atoms with E-state index in [0.717, 1.165) is 48.1 Å². The number of benzene rings is 2. The molecule has 0 N–H and O–H groups in total. The van der Waals surface area contributed by atoms with Crippen LogP contribution in [-0.4, -0.2) is 43.6 Å². The summed E-state index contributed by atoms with van der Waals surface area (Å²) in [6, 6.07) is 15.6. The Balaban J connectivity index is 1.30. The highest BCUT2D eigenvalue weighted by Crippen LogP contribution is 2.25. The molecule has 3 heterocycles. The van der Waals surface area contributed by atoms with E-state index in [1.807, 2.05) is 58.0 Å². The number of nitrogens with zero attached hydrogens (tertiary/aromatic N) is 5. The third kappa shape index (κ3) is 4.21. The molecule has 7 heteroatoms. The minimum Gasteiger partial charge on any atom is -0.343 e. The molecule has 0 atom stereocenters. The van der Waals surface area contributed by atoms with Gasteiger partial charge in [0.25, 0.3) is 5.89 Å². The van der Waals surface area contributed by atoms with Crippen molar-refractivity contribution < 1.29 is 9.32 Å². The molecule has 1 aliphatic rings. The summed E-state index contributed by atoms with van der Waals surface area (Å²) in [6.07, 6.45) is 6.99. The largest absolute Gasteiger partial charge is 0.343 e. The standard InChI is InChI=1S/C24H25N5O2/c30-22(28-13-6-1-2-7-14-28)12-15-29-17-25-20-16-19(10-11-21(20)29)23-26-24(31-27-23)18-8-4-3-5-9-18/h3-5,8-11,16-17H,1-2,6-7,12-15H2. The number of carbonyl (C=O) groups is 1. The van der Waals surface area contributed by atoms with Gasteiger partial charge in [0.05, 0.1) is 17.4 Å². The molecule has 1 saturated heterocycles. The monoisotopic (exact) mass is 415 g/mol. The second-order valence-corrected chi connectivity index (χ2v) is 7.98. The predicted molar refractivity (Wildman–Crippen MR) is 118 cm³/mol. The summed E-state index contributed by atoms with van der Waals surface area (Å²) >= 11 is 0. The van der Waals surface area contributed by atoms with Crippen molar-refractivity contribution in [3.8, 4) is 22.8 Å². The van der Waals surface area contributed by atoms with Gasteiger partial charge in [0.2, 0.25) is 11.7 Å². The molecular formula is C24H25N5O2. The molecular weight excluding hydrogens is 390 g/mol. The quantitative estimate of drug-likeness (QED) is 0.478. The van der Waals surface area contributed by atoms with Crippen LogP contribution in [0.4, 0.5) is 0 Å². The van der Waals surface area contributed by atoms with Crippen molar-refractivity contribution in [2.45, 2.75) is 38.6 Å². The fourth-order valence-electron chi connectivity index (χ4n) is 4.11. The third-order valence-corrected chi connectivity index (χ3v) is 5.85. The van der Waals surface area contributed by atoms with Crippen molar-refractivity contribution in [2.24, 2.45) is 0 Å². The average molecular weight is 415 g/mol. The number of hydrogen-bond donors (Lipinski definition) is 0. The lowest BCUT2D eigenvalue weighted by atomic mass is 10.2. The second-order valence-electron chi connectivity index (χ2n) is 7.98. The van der Waals surface area contributed by atoms with Crippen molar-refractivity contribution in [1.82, 2.24) is 24.6 Å². The van der Waals surface area contributed by atoms with Gasteiger partial charge in [-0.1, -0.05) is 36.2 Å². The highest BCUT2D eigenvalue weighted by atomic mass is 16.5. The molecule has 4 aromatic rings. The molecule has 1 aliphatic heterocycles. The summed E-state index contributed by atoms with van der Waals surface area (Å²) in [5.41, 5.74) is 3.59. The van der Waals surface area contributed by atoms with Gasteiger partial charge in [0, 0.05) is 37.2 Å². The van der Waals surface area contributed by atoms with Gasteiger partial charge in [-0.15, -0.1) is 0 Å². The number of amides is 1. The van der Waals surface area contributed by atoms with E-state index in [4.69, 9.17) is 4.52 Å². The molecule has 158 valence electrons. The minimum atomic E-state index is 0.237. The average Bonchev–Trinajstić information content (AvgIpc) is 3.37. The van der Waals surface area contributed by atoms with E-state index < -0.39 is 0 Å². The zero-order valence-electron chi connectivity index (χ0n) is 17.4. The Morgan fingerprint density at radius 3 is 2.58 bits per heavy atom. The molecule has 0 aliphatic carbocycles. The molecule has 2 aromatic carbocycles. The Morgan fingerprint density at radius 2 is 1.77 bits per heavy atom. The molecule has 0 unspecified atom stereocenters. The molecule has 5 rings (SSSR count). The Bertz CT molecular complexity index is 1170. The van der Waals surface area contributed by atoms with E-state index in [1.54, 1.807) is 6.33 Å². The normalized spacial score (nSPS) is 14.6. The van der Waals surface area contributed by atoms with Crippen LogP contribution in [0.1, 0.15) is 32.1 Å². The molecule has 1 amide bonds. The van der Waals surface area contributed by atoms with Crippen molar-refractivity contribution in [3.05, 3.63) is 54.9 Å². The van der Waals surface area contributed by atoms with Crippen molar-refractivity contribution >= 4 is 16.9 Å². The number of likely N-dealkylation sites (tertiary alicyclic amines) is 1. The van der Waals surface area contributed by atoms with E-state index in [2.05, 4.69) is 15.1 Å². The summed E-state index contributed by atoms with van der Waals surface area (Å²) in [4.78, 5) is 23.7. The van der Waals surface area contributed by atoms with E-state index in [-0.39, 0.29) is 5.91 Å². The molecule has 1 fully saturated rings. The molecule has 31 heavy (non-hydrogen) atoms. The molecule has 7 nitrogen and oxygen atoms in total. The maximum atomic E-state index is 12.6. The number of aromatic nitrogens is 4. The minimum absolute atomic E-state index is 0.237. The van der Waals surface area contributed by atoms with Crippen LogP contribution >= 0.6 is 0 Å². The van der Waals surface area contributed by atoms with Crippen LogP contribution in [-0.2, 0) is 11.3 Å². The zero-order chi connectivity index (χ0) is 21.0. The SMILES string of the molecule is O=C(CCn1cnc2cc(-c3noc(-c4ccccc4)n3)ccc21)N1CCCCCC1.